The fraction of sp³-hybridized carbons (Fsp3) is 0.833. The summed E-state index contributed by atoms with van der Waals surface area (Å²) in [5.74, 6) is 0.303. The van der Waals surface area contributed by atoms with Gasteiger partial charge in [0.1, 0.15) is 0 Å². The van der Waals surface area contributed by atoms with Gasteiger partial charge >= 0.3 is 6.29 Å². The van der Waals surface area contributed by atoms with E-state index in [1.165, 1.54) is 6.29 Å². The molecule has 8 heavy (non-hydrogen) atoms. The number of carbonyl (C=O) groups excluding carboxylic acids is 1. The zero-order chi connectivity index (χ0) is 6.41. The number of hydrogen-bond acceptors (Lipinski definition) is 1. The van der Waals surface area contributed by atoms with Crippen LogP contribution in [0.25, 0.3) is 0 Å². The zero-order valence-electron chi connectivity index (χ0n) is 5.39. The van der Waals surface area contributed by atoms with Crippen LogP contribution in [0, 0.1) is 5.92 Å². The first-order valence-electron chi connectivity index (χ1n) is 2.93. The summed E-state index contributed by atoms with van der Waals surface area (Å²) in [5, 5.41) is 9.46. The Bertz CT molecular complexity index is 68.9. The maximum absolute atomic E-state index is 9.46. The highest BCUT2D eigenvalue weighted by molar-refractivity contribution is 5.52. The minimum atomic E-state index is 0.303. The quantitative estimate of drug-likeness (QED) is 0.228. The first-order valence-corrected chi connectivity index (χ1v) is 2.93. The molecule has 0 rings (SSSR count). The van der Waals surface area contributed by atoms with E-state index >= 15 is 0 Å². The molecule has 0 spiro atoms. The predicted octanol–water partition coefficient (Wildman–Crippen LogP) is 0.432. The van der Waals surface area contributed by atoms with Gasteiger partial charge < -0.3 is 5.26 Å². The van der Waals surface area contributed by atoms with Crippen LogP contribution in [0.2, 0.25) is 0 Å². The molecule has 0 N–H and O–H groups in total. The summed E-state index contributed by atoms with van der Waals surface area (Å²) in [6.45, 7) is 4.04. The number of rotatable bonds is 3. The Morgan fingerprint density at radius 3 is 2.75 bits per heavy atom. The molecule has 0 amide bonds. The van der Waals surface area contributed by atoms with Crippen molar-refractivity contribution in [2.75, 3.05) is 0 Å². The van der Waals surface area contributed by atoms with E-state index in [2.05, 4.69) is 11.5 Å². The van der Waals surface area contributed by atoms with Gasteiger partial charge in [0.2, 0.25) is 0 Å². The van der Waals surface area contributed by atoms with Gasteiger partial charge in [0.25, 0.3) is 0 Å². The van der Waals surface area contributed by atoms with Crippen LogP contribution in [0.3, 0.4) is 0 Å². The lowest BCUT2D eigenvalue weighted by Crippen LogP contribution is -2.04. The van der Waals surface area contributed by atoms with Gasteiger partial charge in [-0.2, -0.15) is 4.58 Å². The Kier molecular flexibility index (Phi) is 4.32. The predicted molar refractivity (Wildman–Crippen MR) is 30.1 cm³/mol. The van der Waals surface area contributed by atoms with Crippen molar-refractivity contribution in [3.05, 3.63) is 0 Å². The molecule has 0 bridgehead atoms. The van der Waals surface area contributed by atoms with Crippen LogP contribution >= 0.6 is 0 Å². The summed E-state index contributed by atoms with van der Waals surface area (Å²) in [6, 6.07) is 0. The highest BCUT2D eigenvalue weighted by Gasteiger charge is 2.00. The molecule has 0 heterocycles. The van der Waals surface area contributed by atoms with Crippen molar-refractivity contribution in [1.82, 2.24) is 0 Å². The number of hydrogen-bond donors (Lipinski definition) is 0. The van der Waals surface area contributed by atoms with Gasteiger partial charge in [0.15, 0.2) is 0 Å². The maximum atomic E-state index is 9.46. The van der Waals surface area contributed by atoms with E-state index in [1.54, 1.807) is 0 Å². The lowest BCUT2D eigenvalue weighted by molar-refractivity contribution is -1.04. The fourth-order valence-electron chi connectivity index (χ4n) is 0.618. The summed E-state index contributed by atoms with van der Waals surface area (Å²) in [4.78, 5) is 0. The minimum absolute atomic E-state index is 0.303. The Hall–Kier alpha value is -0.530. The molecule has 0 aromatic carbocycles. The number of aldehydes is 1. The third-order valence-corrected chi connectivity index (χ3v) is 1.03. The van der Waals surface area contributed by atoms with Crippen LogP contribution in [0.4, 0.5) is 0 Å². The summed E-state index contributed by atoms with van der Waals surface area (Å²) in [6.07, 6.45) is 3.45. The highest BCUT2D eigenvalue weighted by atomic mass is 17.1. The normalized spacial score (nSPS) is 14.8. The molecule has 0 fully saturated rings. The summed E-state index contributed by atoms with van der Waals surface area (Å²) >= 11 is 0. The Morgan fingerprint density at radius 1 is 1.75 bits per heavy atom. The van der Waals surface area contributed by atoms with Crippen LogP contribution in [0.5, 0.6) is 0 Å². The molecule has 0 saturated carbocycles. The van der Waals surface area contributed by atoms with Gasteiger partial charge in [-0.15, -0.1) is 0 Å². The molecule has 0 aromatic heterocycles. The van der Waals surface area contributed by atoms with Gasteiger partial charge in [-0.05, 0) is 6.42 Å². The van der Waals surface area contributed by atoms with Crippen molar-refractivity contribution in [3.63, 3.8) is 0 Å². The Labute approximate surface area is 49.8 Å². The highest BCUT2D eigenvalue weighted by Crippen LogP contribution is 1.99. The van der Waals surface area contributed by atoms with Crippen molar-refractivity contribution < 1.29 is 9.83 Å². The monoisotopic (exact) mass is 116 g/mol. The summed E-state index contributed by atoms with van der Waals surface area (Å²) in [5.41, 5.74) is 0. The molecular formula is C6H12O2. The standard InChI is InChI=1S/C6H12O2/c1-3-4-6(2)5-8-7/h5-6H,3-4H2,1-2H3. The second-order valence-corrected chi connectivity index (χ2v) is 2.00. The van der Waals surface area contributed by atoms with Crippen molar-refractivity contribution in [2.24, 2.45) is 5.92 Å². The third kappa shape index (κ3) is 3.65. The molecule has 2 nitrogen and oxygen atoms in total. The minimum Gasteiger partial charge on any atom is -0.463 e. The van der Waals surface area contributed by atoms with Gasteiger partial charge in [0.05, 0.1) is 5.92 Å². The van der Waals surface area contributed by atoms with Gasteiger partial charge in [-0.1, -0.05) is 20.3 Å². The topological polar surface area (TPSA) is 34.4 Å². The molecule has 0 aliphatic carbocycles. The van der Waals surface area contributed by atoms with Crippen LogP contribution in [-0.4, -0.2) is 6.29 Å². The van der Waals surface area contributed by atoms with Gasteiger partial charge in [0, 0.05) is 0 Å². The molecular weight excluding hydrogens is 104 g/mol. The van der Waals surface area contributed by atoms with Crippen molar-refractivity contribution in [2.45, 2.75) is 26.7 Å². The largest absolute Gasteiger partial charge is 0.463 e. The van der Waals surface area contributed by atoms with E-state index in [0.29, 0.717) is 5.92 Å². The first kappa shape index (κ1) is 7.47. The summed E-state index contributed by atoms with van der Waals surface area (Å²) in [7, 11) is 0. The molecule has 1 atom stereocenters. The van der Waals surface area contributed by atoms with Crippen molar-refractivity contribution >= 4 is 6.29 Å². The SMILES string of the molecule is CCCC(C)C=[O+][O-]. The Morgan fingerprint density at radius 2 is 2.38 bits per heavy atom. The van der Waals surface area contributed by atoms with Crippen LogP contribution in [0.15, 0.2) is 0 Å². The second kappa shape index (κ2) is 4.62. The second-order valence-electron chi connectivity index (χ2n) is 2.00. The van der Waals surface area contributed by atoms with Crippen LogP contribution in [0.1, 0.15) is 26.7 Å². The maximum Gasteiger partial charge on any atom is 0.321 e. The van der Waals surface area contributed by atoms with E-state index < -0.39 is 0 Å². The molecule has 0 radical (unpaired) electrons. The molecule has 2 heteroatoms. The smallest absolute Gasteiger partial charge is 0.321 e. The zero-order valence-corrected chi connectivity index (χ0v) is 5.39. The lowest BCUT2D eigenvalue weighted by atomic mass is 10.1. The molecule has 0 aromatic rings. The van der Waals surface area contributed by atoms with E-state index in [-0.39, 0.29) is 0 Å². The van der Waals surface area contributed by atoms with E-state index in [0.717, 1.165) is 12.8 Å². The average Bonchev–Trinajstić information content (AvgIpc) is 1.68. The van der Waals surface area contributed by atoms with Gasteiger partial charge in [-0.3, -0.25) is 0 Å². The van der Waals surface area contributed by atoms with E-state index in [1.807, 2.05) is 6.92 Å². The molecule has 48 valence electrons. The molecule has 0 aliphatic heterocycles. The van der Waals surface area contributed by atoms with Crippen LogP contribution in [-0.2, 0) is 4.58 Å². The van der Waals surface area contributed by atoms with E-state index in [9.17, 15) is 5.26 Å². The van der Waals surface area contributed by atoms with Gasteiger partial charge in [-0.25, -0.2) is 0 Å². The van der Waals surface area contributed by atoms with Crippen molar-refractivity contribution in [1.29, 1.82) is 0 Å². The molecule has 0 saturated heterocycles. The van der Waals surface area contributed by atoms with Crippen LogP contribution < -0.4 is 5.26 Å². The van der Waals surface area contributed by atoms with Crippen molar-refractivity contribution in [3.8, 4) is 0 Å². The van der Waals surface area contributed by atoms with E-state index in [4.69, 9.17) is 0 Å². The first-order chi connectivity index (χ1) is 3.81. The lowest BCUT2D eigenvalue weighted by Gasteiger charge is -1.92. The summed E-state index contributed by atoms with van der Waals surface area (Å²) < 4.78 is 3.58. The third-order valence-electron chi connectivity index (χ3n) is 1.03. The molecule has 1 unspecified atom stereocenters. The fourth-order valence-corrected chi connectivity index (χ4v) is 0.618. The molecule has 0 aliphatic rings. The average molecular weight is 116 g/mol. The Balaban J connectivity index is 3.17.